The predicted octanol–water partition coefficient (Wildman–Crippen LogP) is 6.10. The van der Waals surface area contributed by atoms with E-state index in [1.54, 1.807) is 0 Å². The Morgan fingerprint density at radius 1 is 0.714 bits per heavy atom. The zero-order valence-electron chi connectivity index (χ0n) is 19.6. The van der Waals surface area contributed by atoms with E-state index in [0.717, 1.165) is 0 Å². The van der Waals surface area contributed by atoms with Crippen LogP contribution in [0.5, 0.6) is 0 Å². The van der Waals surface area contributed by atoms with Crippen LogP contribution in [0.3, 0.4) is 0 Å². The maximum Gasteiger partial charge on any atom is 0.349 e. The van der Waals surface area contributed by atoms with Crippen molar-refractivity contribution < 1.29 is 29.9 Å². The van der Waals surface area contributed by atoms with Gasteiger partial charge in [0.05, 0.1) is 5.41 Å². The van der Waals surface area contributed by atoms with Crippen molar-refractivity contribution in [1.29, 1.82) is 0 Å². The summed E-state index contributed by atoms with van der Waals surface area (Å²) in [4.78, 5) is 32.8. The molecule has 0 radical (unpaired) electrons. The van der Waals surface area contributed by atoms with Crippen molar-refractivity contribution in [2.75, 3.05) is 0 Å². The summed E-state index contributed by atoms with van der Waals surface area (Å²) in [6.45, 7) is 20.8. The first-order valence-electron chi connectivity index (χ1n) is 10.1. The second-order valence-electron chi connectivity index (χ2n) is 11.8. The van der Waals surface area contributed by atoms with Crippen LogP contribution in [0.15, 0.2) is 0 Å². The fraction of sp³-hybridized carbons (Fsp3) is 0.909. The van der Waals surface area contributed by atoms with Crippen LogP contribution in [0.1, 0.15) is 101 Å². The lowest BCUT2D eigenvalue weighted by Crippen LogP contribution is -2.56. The minimum Gasteiger partial charge on any atom is -0.301 e. The van der Waals surface area contributed by atoms with E-state index in [4.69, 9.17) is 5.26 Å². The molecule has 0 aliphatic carbocycles. The molecule has 0 aliphatic heterocycles. The van der Waals surface area contributed by atoms with Gasteiger partial charge in [-0.15, -0.1) is 0 Å². The molecule has 166 valence electrons. The summed E-state index contributed by atoms with van der Waals surface area (Å²) < 4.78 is 0. The number of hydrogen-bond donors (Lipinski definition) is 2. The smallest absolute Gasteiger partial charge is 0.301 e. The van der Waals surface area contributed by atoms with Crippen molar-refractivity contribution >= 4 is 11.9 Å². The molecule has 0 spiro atoms. The molecule has 6 heteroatoms. The molecular weight excluding hydrogens is 360 g/mol. The topological polar surface area (TPSA) is 93.1 Å². The molecule has 0 rings (SSSR count). The van der Waals surface area contributed by atoms with Crippen LogP contribution in [0.4, 0.5) is 0 Å². The molecule has 0 saturated heterocycles. The highest BCUT2D eigenvalue weighted by Gasteiger charge is 2.61. The molecule has 0 aromatic carbocycles. The van der Waals surface area contributed by atoms with E-state index in [-0.39, 0.29) is 17.3 Å². The van der Waals surface area contributed by atoms with E-state index in [0.29, 0.717) is 25.7 Å². The highest BCUT2D eigenvalue weighted by Crippen LogP contribution is 2.62. The SMILES string of the molecule is CC(C)(C)CC(C)(C)C(CCCC(=O)OO)(C(=O)OO)C(C)(C)CC(C)(C)C. The predicted molar refractivity (Wildman–Crippen MR) is 109 cm³/mol. The van der Waals surface area contributed by atoms with Gasteiger partial charge < -0.3 is 9.78 Å². The van der Waals surface area contributed by atoms with E-state index < -0.39 is 28.2 Å². The first-order chi connectivity index (χ1) is 12.4. The Bertz CT molecular complexity index is 506. The molecule has 0 fully saturated rings. The average Bonchev–Trinajstić information content (AvgIpc) is 2.44. The van der Waals surface area contributed by atoms with Gasteiger partial charge in [0.15, 0.2) is 0 Å². The van der Waals surface area contributed by atoms with Gasteiger partial charge in [-0.3, -0.25) is 0 Å². The van der Waals surface area contributed by atoms with Gasteiger partial charge in [0.25, 0.3) is 0 Å². The number of carbonyl (C=O) groups is 2. The Balaban J connectivity index is 6.45. The summed E-state index contributed by atoms with van der Waals surface area (Å²) in [5.74, 6) is -1.41. The second-order valence-corrected chi connectivity index (χ2v) is 11.8. The minimum absolute atomic E-state index is 0.0197. The third kappa shape index (κ3) is 6.73. The van der Waals surface area contributed by atoms with Crippen LogP contribution in [0.25, 0.3) is 0 Å². The van der Waals surface area contributed by atoms with Gasteiger partial charge in [-0.25, -0.2) is 9.59 Å². The Morgan fingerprint density at radius 3 is 1.39 bits per heavy atom. The molecule has 0 bridgehead atoms. The normalized spacial score (nSPS) is 14.0. The zero-order chi connectivity index (χ0) is 22.6. The quantitative estimate of drug-likeness (QED) is 0.357. The Kier molecular flexibility index (Phi) is 8.75. The van der Waals surface area contributed by atoms with E-state index >= 15 is 0 Å². The van der Waals surface area contributed by atoms with E-state index in [1.807, 2.05) is 27.7 Å². The first kappa shape index (κ1) is 26.9. The summed E-state index contributed by atoms with van der Waals surface area (Å²) in [5.41, 5.74) is -2.25. The van der Waals surface area contributed by atoms with E-state index in [2.05, 4.69) is 51.3 Å². The fourth-order valence-corrected chi connectivity index (χ4v) is 5.82. The Labute approximate surface area is 170 Å². The maximum atomic E-state index is 13.2. The largest absolute Gasteiger partial charge is 0.349 e. The molecule has 28 heavy (non-hydrogen) atoms. The number of rotatable bonds is 9. The third-order valence-corrected chi connectivity index (χ3v) is 5.72. The molecule has 0 heterocycles. The van der Waals surface area contributed by atoms with Gasteiger partial charge in [-0.2, -0.15) is 10.5 Å². The van der Waals surface area contributed by atoms with Gasteiger partial charge in [0.2, 0.25) is 0 Å². The van der Waals surface area contributed by atoms with E-state index in [1.165, 1.54) is 0 Å². The molecule has 0 amide bonds. The molecule has 0 unspecified atom stereocenters. The van der Waals surface area contributed by atoms with Crippen LogP contribution >= 0.6 is 0 Å². The molecule has 0 saturated carbocycles. The number of hydrogen-bond acceptors (Lipinski definition) is 6. The van der Waals surface area contributed by atoms with Crippen LogP contribution in [0.2, 0.25) is 0 Å². The summed E-state index contributed by atoms with van der Waals surface area (Å²) >= 11 is 0. The Morgan fingerprint density at radius 2 is 1.11 bits per heavy atom. The van der Waals surface area contributed by atoms with Gasteiger partial charge in [0, 0.05) is 6.42 Å². The van der Waals surface area contributed by atoms with Gasteiger partial charge in [-0.05, 0) is 47.3 Å². The summed E-state index contributed by atoms with van der Waals surface area (Å²) in [6, 6.07) is 0. The molecule has 2 N–H and O–H groups in total. The lowest BCUT2D eigenvalue weighted by atomic mass is 9.46. The second kappa shape index (κ2) is 9.12. The van der Waals surface area contributed by atoms with Crippen LogP contribution in [-0.4, -0.2) is 22.5 Å². The minimum atomic E-state index is -1.05. The van der Waals surface area contributed by atoms with Crippen molar-refractivity contribution in [3.05, 3.63) is 0 Å². The van der Waals surface area contributed by atoms with Crippen molar-refractivity contribution in [3.8, 4) is 0 Å². The molecule has 0 aromatic heterocycles. The lowest BCUT2D eigenvalue weighted by molar-refractivity contribution is -0.264. The molecule has 0 aliphatic rings. The van der Waals surface area contributed by atoms with Crippen molar-refractivity contribution in [2.45, 2.75) is 101 Å². The first-order valence-corrected chi connectivity index (χ1v) is 10.1. The van der Waals surface area contributed by atoms with Crippen LogP contribution in [0, 0.1) is 27.1 Å². The summed E-state index contributed by atoms with van der Waals surface area (Å²) in [5, 5.41) is 18.0. The molecule has 0 aromatic rings. The number of carbonyl (C=O) groups excluding carboxylic acids is 2. The van der Waals surface area contributed by atoms with Crippen molar-refractivity contribution in [2.24, 2.45) is 27.1 Å². The zero-order valence-corrected chi connectivity index (χ0v) is 19.6. The van der Waals surface area contributed by atoms with Gasteiger partial charge >= 0.3 is 11.9 Å². The van der Waals surface area contributed by atoms with E-state index in [9.17, 15) is 14.8 Å². The van der Waals surface area contributed by atoms with Gasteiger partial charge in [0.1, 0.15) is 0 Å². The third-order valence-electron chi connectivity index (χ3n) is 5.72. The molecular formula is C22H42O6. The fourth-order valence-electron chi connectivity index (χ4n) is 5.82. The monoisotopic (exact) mass is 402 g/mol. The highest BCUT2D eigenvalue weighted by molar-refractivity contribution is 5.78. The van der Waals surface area contributed by atoms with Crippen molar-refractivity contribution in [1.82, 2.24) is 0 Å². The Hall–Kier alpha value is -1.14. The molecule has 6 nitrogen and oxygen atoms in total. The standard InChI is InChI=1S/C22H42O6/c1-18(2,3)14-20(7,8)22(17(24)28-26,13-11-12-16(23)27-25)21(9,10)15-19(4,5)6/h25-26H,11-15H2,1-10H3. The maximum absolute atomic E-state index is 13.2. The van der Waals surface area contributed by atoms with Gasteiger partial charge in [-0.1, -0.05) is 69.2 Å². The van der Waals surface area contributed by atoms with Crippen LogP contribution < -0.4 is 0 Å². The highest BCUT2D eigenvalue weighted by atomic mass is 17.1. The molecule has 0 atom stereocenters. The summed E-state index contributed by atoms with van der Waals surface area (Å²) in [6.07, 6.45) is 2.07. The van der Waals surface area contributed by atoms with Crippen molar-refractivity contribution in [3.63, 3.8) is 0 Å². The van der Waals surface area contributed by atoms with Crippen LogP contribution in [-0.2, 0) is 19.4 Å². The lowest BCUT2D eigenvalue weighted by Gasteiger charge is -2.56. The average molecular weight is 403 g/mol. The summed E-state index contributed by atoms with van der Waals surface area (Å²) in [7, 11) is 0.